The molecule has 0 aromatic heterocycles. The summed E-state index contributed by atoms with van der Waals surface area (Å²) < 4.78 is 5.27. The molecule has 0 aliphatic carbocycles. The van der Waals surface area contributed by atoms with Crippen molar-refractivity contribution in [2.24, 2.45) is 11.7 Å². The molecule has 2 unspecified atom stereocenters. The minimum absolute atomic E-state index is 0.156. The second kappa shape index (κ2) is 7.04. The molecule has 1 fully saturated rings. The minimum Gasteiger partial charge on any atom is -0.481 e. The van der Waals surface area contributed by atoms with E-state index in [1.54, 1.807) is 4.90 Å². The van der Waals surface area contributed by atoms with E-state index in [2.05, 4.69) is 0 Å². The van der Waals surface area contributed by atoms with Gasteiger partial charge in [-0.25, -0.2) is 0 Å². The quantitative estimate of drug-likeness (QED) is 0.723. The van der Waals surface area contributed by atoms with E-state index in [-0.39, 0.29) is 19.1 Å². The third-order valence-electron chi connectivity index (χ3n) is 4.18. The largest absolute Gasteiger partial charge is 0.481 e. The Kier molecular flexibility index (Phi) is 5.95. The Morgan fingerprint density at radius 2 is 1.90 bits per heavy atom. The lowest BCUT2D eigenvalue weighted by Gasteiger charge is -2.37. The molecule has 0 aromatic carbocycles. The molecule has 20 heavy (non-hydrogen) atoms. The van der Waals surface area contributed by atoms with Crippen LogP contribution in [0.4, 0.5) is 0 Å². The fourth-order valence-electron chi connectivity index (χ4n) is 2.58. The molecule has 3 N–H and O–H groups in total. The summed E-state index contributed by atoms with van der Waals surface area (Å²) in [5, 5.41) is 9.25. The number of aliphatic carboxylic acids is 1. The Morgan fingerprint density at radius 3 is 2.35 bits per heavy atom. The number of amides is 1. The van der Waals surface area contributed by atoms with Gasteiger partial charge >= 0.3 is 5.97 Å². The number of ether oxygens (including phenoxy) is 1. The minimum atomic E-state index is -0.919. The van der Waals surface area contributed by atoms with Gasteiger partial charge < -0.3 is 20.5 Å². The van der Waals surface area contributed by atoms with Gasteiger partial charge in [-0.2, -0.15) is 0 Å². The highest BCUT2D eigenvalue weighted by molar-refractivity contribution is 5.87. The number of hydrogen-bond donors (Lipinski definition) is 2. The summed E-state index contributed by atoms with van der Waals surface area (Å²) in [7, 11) is 0. The topological polar surface area (TPSA) is 92.9 Å². The van der Waals surface area contributed by atoms with Gasteiger partial charge in [0.2, 0.25) is 5.91 Å². The van der Waals surface area contributed by atoms with E-state index in [4.69, 9.17) is 10.5 Å². The molecular weight excluding hydrogens is 260 g/mol. The van der Waals surface area contributed by atoms with E-state index < -0.39 is 23.5 Å². The number of rotatable bonds is 7. The van der Waals surface area contributed by atoms with Crippen molar-refractivity contribution in [3.05, 3.63) is 0 Å². The fraction of sp³-hybridized carbons (Fsp3) is 0.857. The SMILES string of the molecule is CCCN(C(=O)C(N)(CC)CC)C1COCC1C(=O)O. The maximum Gasteiger partial charge on any atom is 0.311 e. The average Bonchev–Trinajstić information content (AvgIpc) is 2.92. The van der Waals surface area contributed by atoms with Crippen LogP contribution < -0.4 is 5.73 Å². The van der Waals surface area contributed by atoms with Crippen molar-refractivity contribution in [3.63, 3.8) is 0 Å². The average molecular weight is 286 g/mol. The first-order valence-electron chi connectivity index (χ1n) is 7.31. The van der Waals surface area contributed by atoms with Crippen molar-refractivity contribution in [2.75, 3.05) is 19.8 Å². The van der Waals surface area contributed by atoms with Crippen molar-refractivity contribution < 1.29 is 19.4 Å². The van der Waals surface area contributed by atoms with Gasteiger partial charge in [0.1, 0.15) is 5.92 Å². The number of carbonyl (C=O) groups is 2. The van der Waals surface area contributed by atoms with Gasteiger partial charge in [-0.05, 0) is 19.3 Å². The number of carboxylic acids is 1. The maximum absolute atomic E-state index is 12.7. The van der Waals surface area contributed by atoms with Gasteiger partial charge in [-0.15, -0.1) is 0 Å². The van der Waals surface area contributed by atoms with E-state index >= 15 is 0 Å². The van der Waals surface area contributed by atoms with Crippen molar-refractivity contribution in [2.45, 2.75) is 51.6 Å². The zero-order chi connectivity index (χ0) is 15.3. The van der Waals surface area contributed by atoms with Gasteiger partial charge in [0.15, 0.2) is 0 Å². The first-order valence-corrected chi connectivity index (χ1v) is 7.31. The highest BCUT2D eigenvalue weighted by Gasteiger charge is 2.43. The van der Waals surface area contributed by atoms with Gasteiger partial charge in [0.05, 0.1) is 24.8 Å². The van der Waals surface area contributed by atoms with Crippen molar-refractivity contribution in [3.8, 4) is 0 Å². The summed E-state index contributed by atoms with van der Waals surface area (Å²) >= 11 is 0. The Labute approximate surface area is 120 Å². The molecule has 116 valence electrons. The molecule has 0 spiro atoms. The number of nitrogens with zero attached hydrogens (tertiary/aromatic N) is 1. The summed E-state index contributed by atoms with van der Waals surface area (Å²) in [6.07, 6.45) is 1.83. The van der Waals surface area contributed by atoms with Crippen LogP contribution in [0.2, 0.25) is 0 Å². The monoisotopic (exact) mass is 286 g/mol. The van der Waals surface area contributed by atoms with Crippen LogP contribution in [0.5, 0.6) is 0 Å². The van der Waals surface area contributed by atoms with Crippen LogP contribution in [-0.4, -0.2) is 53.2 Å². The van der Waals surface area contributed by atoms with Crippen LogP contribution in [0, 0.1) is 5.92 Å². The molecule has 1 heterocycles. The summed E-state index contributed by atoms with van der Waals surface area (Å²) in [5.74, 6) is -1.74. The van der Waals surface area contributed by atoms with E-state index in [0.29, 0.717) is 19.4 Å². The lowest BCUT2D eigenvalue weighted by Crippen LogP contribution is -2.59. The molecule has 1 amide bonds. The molecule has 6 heteroatoms. The van der Waals surface area contributed by atoms with E-state index in [1.165, 1.54) is 0 Å². The lowest BCUT2D eigenvalue weighted by atomic mass is 9.90. The predicted octanol–water partition coefficient (Wildman–Crippen LogP) is 0.842. The van der Waals surface area contributed by atoms with Crippen molar-refractivity contribution in [1.29, 1.82) is 0 Å². The van der Waals surface area contributed by atoms with Crippen LogP contribution in [-0.2, 0) is 14.3 Å². The molecule has 1 rings (SSSR count). The van der Waals surface area contributed by atoms with E-state index in [9.17, 15) is 14.7 Å². The smallest absolute Gasteiger partial charge is 0.311 e. The first kappa shape index (κ1) is 16.9. The normalized spacial score (nSPS) is 22.8. The summed E-state index contributed by atoms with van der Waals surface area (Å²) in [5.41, 5.74) is 5.27. The molecule has 1 saturated heterocycles. The van der Waals surface area contributed by atoms with Crippen LogP contribution in [0.3, 0.4) is 0 Å². The Morgan fingerprint density at radius 1 is 1.30 bits per heavy atom. The third kappa shape index (κ3) is 3.30. The molecular formula is C14H26N2O4. The molecule has 2 atom stereocenters. The van der Waals surface area contributed by atoms with Gasteiger partial charge in [-0.3, -0.25) is 9.59 Å². The second-order valence-corrected chi connectivity index (χ2v) is 5.41. The van der Waals surface area contributed by atoms with Gasteiger partial charge in [0.25, 0.3) is 0 Å². The van der Waals surface area contributed by atoms with Gasteiger partial charge in [0, 0.05) is 6.54 Å². The predicted molar refractivity (Wildman–Crippen MR) is 75.2 cm³/mol. The summed E-state index contributed by atoms with van der Waals surface area (Å²) in [6.45, 7) is 6.66. The standard InChI is InChI=1S/C14H26N2O4/c1-4-7-16(13(19)14(15,5-2)6-3)11-9-20-8-10(11)12(17)18/h10-11H,4-9,15H2,1-3H3,(H,17,18). The number of nitrogens with two attached hydrogens (primary N) is 1. The molecule has 1 aliphatic rings. The Balaban J connectivity index is 2.99. The number of carboxylic acid groups (broad SMARTS) is 1. The number of carbonyl (C=O) groups excluding carboxylic acids is 1. The van der Waals surface area contributed by atoms with Crippen molar-refractivity contribution >= 4 is 11.9 Å². The highest BCUT2D eigenvalue weighted by atomic mass is 16.5. The maximum atomic E-state index is 12.7. The molecule has 6 nitrogen and oxygen atoms in total. The van der Waals surface area contributed by atoms with Crippen LogP contribution >= 0.6 is 0 Å². The van der Waals surface area contributed by atoms with Crippen LogP contribution in [0.25, 0.3) is 0 Å². The zero-order valence-electron chi connectivity index (χ0n) is 12.6. The van der Waals surface area contributed by atoms with Crippen LogP contribution in [0.15, 0.2) is 0 Å². The third-order valence-corrected chi connectivity index (χ3v) is 4.18. The summed E-state index contributed by atoms with van der Waals surface area (Å²) in [6, 6.07) is -0.416. The Hall–Kier alpha value is -1.14. The molecule has 0 radical (unpaired) electrons. The highest BCUT2D eigenvalue weighted by Crippen LogP contribution is 2.25. The first-order chi connectivity index (χ1) is 9.41. The van der Waals surface area contributed by atoms with E-state index in [0.717, 1.165) is 6.42 Å². The lowest BCUT2D eigenvalue weighted by molar-refractivity contribution is -0.147. The molecule has 0 aromatic rings. The summed E-state index contributed by atoms with van der Waals surface area (Å²) in [4.78, 5) is 25.6. The Bertz CT molecular complexity index is 355. The number of hydrogen-bond acceptors (Lipinski definition) is 4. The molecule has 0 saturated carbocycles. The van der Waals surface area contributed by atoms with Crippen molar-refractivity contribution in [1.82, 2.24) is 4.90 Å². The molecule has 1 aliphatic heterocycles. The van der Waals surface area contributed by atoms with E-state index in [1.807, 2.05) is 20.8 Å². The zero-order valence-corrected chi connectivity index (χ0v) is 12.6. The fourth-order valence-corrected chi connectivity index (χ4v) is 2.58. The molecule has 0 bridgehead atoms. The second-order valence-electron chi connectivity index (χ2n) is 5.41. The van der Waals surface area contributed by atoms with Gasteiger partial charge in [-0.1, -0.05) is 20.8 Å². The van der Waals surface area contributed by atoms with Crippen LogP contribution in [0.1, 0.15) is 40.0 Å².